The lowest BCUT2D eigenvalue weighted by Crippen LogP contribution is -2.57. The maximum Gasteiger partial charge on any atom is 0.311 e. The Morgan fingerprint density at radius 3 is 2.63 bits per heavy atom. The first-order valence-electron chi connectivity index (χ1n) is 11.8. The summed E-state index contributed by atoms with van der Waals surface area (Å²) in [6.07, 6.45) is 8.47. The van der Waals surface area contributed by atoms with E-state index in [0.29, 0.717) is 17.8 Å². The molecule has 0 spiro atoms. The van der Waals surface area contributed by atoms with Crippen LogP contribution in [-0.2, 0) is 24.0 Å². The van der Waals surface area contributed by atoms with Gasteiger partial charge >= 0.3 is 5.97 Å². The molecule has 5 heteroatoms. The number of fused-ring (bicyclic) bond motifs is 3. The van der Waals surface area contributed by atoms with E-state index in [1.54, 1.807) is 0 Å². The Kier molecular flexibility index (Phi) is 5.64. The molecule has 0 amide bonds. The lowest BCUT2D eigenvalue weighted by molar-refractivity contribution is -0.426. The lowest BCUT2D eigenvalue weighted by atomic mass is 9.50. The van der Waals surface area contributed by atoms with Crippen LogP contribution < -0.4 is 0 Å². The fourth-order valence-electron chi connectivity index (χ4n) is 6.92. The second kappa shape index (κ2) is 7.60. The molecule has 0 aromatic carbocycles. The number of rotatable bonds is 3. The standard InChI is InChI=1S/C25H40O5/c1-15-8-9-19-18(12-15)13-16(2)23(4)14-21(28-25(19,23)6)24(5)11-10-20(29-30-24)17(3)22(26)27-7/h12,16-21H,8-11,13-14H2,1-7H3/t16-,17-,18-,19-,20-,21-,23+,24+,25-/m0/s1. The van der Waals surface area contributed by atoms with Gasteiger partial charge in [0.15, 0.2) is 0 Å². The summed E-state index contributed by atoms with van der Waals surface area (Å²) >= 11 is 0. The SMILES string of the molecule is COC(=O)[C@@H](C)[C@@H]1CC[C@](C)([C@@H]2C[C@]3(C)[C@@H](C)C[C@@H]4C=C(C)CC[C@@H]4[C@]3(C)O2)OO1. The minimum absolute atomic E-state index is 0.00455. The van der Waals surface area contributed by atoms with Gasteiger partial charge in [0.2, 0.25) is 0 Å². The molecule has 2 saturated heterocycles. The third kappa shape index (κ3) is 3.27. The number of hydrogen-bond acceptors (Lipinski definition) is 5. The Bertz CT molecular complexity index is 708. The smallest absolute Gasteiger partial charge is 0.311 e. The van der Waals surface area contributed by atoms with Crippen LogP contribution in [0.15, 0.2) is 11.6 Å². The van der Waals surface area contributed by atoms with Gasteiger partial charge in [-0.1, -0.05) is 25.5 Å². The summed E-state index contributed by atoms with van der Waals surface area (Å²) < 4.78 is 11.9. The van der Waals surface area contributed by atoms with Gasteiger partial charge in [0.25, 0.3) is 0 Å². The van der Waals surface area contributed by atoms with Gasteiger partial charge in [-0.05, 0) is 84.0 Å². The van der Waals surface area contributed by atoms with Crippen molar-refractivity contribution in [1.82, 2.24) is 0 Å². The first-order valence-corrected chi connectivity index (χ1v) is 11.8. The van der Waals surface area contributed by atoms with E-state index in [9.17, 15) is 4.79 Å². The zero-order valence-electron chi connectivity index (χ0n) is 19.8. The Balaban J connectivity index is 1.52. The molecule has 2 aliphatic heterocycles. The molecule has 30 heavy (non-hydrogen) atoms. The normalized spacial score (nSPS) is 49.6. The molecule has 1 saturated carbocycles. The third-order valence-corrected chi connectivity index (χ3v) is 9.52. The van der Waals surface area contributed by atoms with E-state index in [4.69, 9.17) is 19.2 Å². The number of hydrogen-bond donors (Lipinski definition) is 0. The molecule has 0 N–H and O–H groups in total. The molecule has 0 aromatic rings. The maximum absolute atomic E-state index is 11.9. The molecule has 2 heterocycles. The Morgan fingerprint density at radius 1 is 1.27 bits per heavy atom. The zero-order chi connectivity index (χ0) is 21.9. The molecule has 9 atom stereocenters. The molecule has 0 aromatic heterocycles. The Morgan fingerprint density at radius 2 is 2.00 bits per heavy atom. The predicted molar refractivity (Wildman–Crippen MR) is 115 cm³/mol. The second-order valence-electron chi connectivity index (χ2n) is 11.2. The van der Waals surface area contributed by atoms with Crippen LogP contribution in [0.25, 0.3) is 0 Å². The molecule has 2 aliphatic carbocycles. The summed E-state index contributed by atoms with van der Waals surface area (Å²) in [5.41, 5.74) is 1.01. The van der Waals surface area contributed by atoms with Crippen LogP contribution in [0.1, 0.15) is 80.1 Å². The Labute approximate surface area is 181 Å². The molecule has 3 fully saturated rings. The van der Waals surface area contributed by atoms with Crippen molar-refractivity contribution in [3.8, 4) is 0 Å². The number of allylic oxidation sites excluding steroid dienone is 2. The molecule has 170 valence electrons. The molecule has 4 aliphatic rings. The highest BCUT2D eigenvalue weighted by molar-refractivity contribution is 5.72. The highest BCUT2D eigenvalue weighted by atomic mass is 17.2. The number of carbonyl (C=O) groups excluding carboxylic acids is 1. The minimum Gasteiger partial charge on any atom is -0.469 e. The van der Waals surface area contributed by atoms with Crippen LogP contribution in [0.3, 0.4) is 0 Å². The number of carbonyl (C=O) groups is 1. The molecular weight excluding hydrogens is 380 g/mol. The van der Waals surface area contributed by atoms with Crippen LogP contribution in [-0.4, -0.2) is 36.5 Å². The zero-order valence-corrected chi connectivity index (χ0v) is 19.8. The summed E-state index contributed by atoms with van der Waals surface area (Å²) in [6.45, 7) is 13.4. The maximum atomic E-state index is 11.9. The summed E-state index contributed by atoms with van der Waals surface area (Å²) in [5, 5.41) is 0. The molecule has 4 rings (SSSR count). The van der Waals surface area contributed by atoms with Gasteiger partial charge in [-0.15, -0.1) is 0 Å². The van der Waals surface area contributed by atoms with Crippen molar-refractivity contribution >= 4 is 5.97 Å². The predicted octanol–water partition coefficient (Wildman–Crippen LogP) is 5.23. The summed E-state index contributed by atoms with van der Waals surface area (Å²) in [5.74, 6) is 1.19. The summed E-state index contributed by atoms with van der Waals surface area (Å²) in [6, 6.07) is 0. The van der Waals surface area contributed by atoms with Gasteiger partial charge in [-0.3, -0.25) is 4.79 Å². The molecular formula is C25H40O5. The van der Waals surface area contributed by atoms with Gasteiger partial charge in [0, 0.05) is 5.41 Å². The van der Waals surface area contributed by atoms with Crippen LogP contribution in [0.2, 0.25) is 0 Å². The average Bonchev–Trinajstić information content (AvgIpc) is 3.01. The number of ether oxygens (including phenoxy) is 2. The third-order valence-electron chi connectivity index (χ3n) is 9.52. The highest BCUT2D eigenvalue weighted by Gasteiger charge is 2.66. The molecule has 5 nitrogen and oxygen atoms in total. The van der Waals surface area contributed by atoms with Gasteiger partial charge < -0.3 is 9.47 Å². The van der Waals surface area contributed by atoms with Gasteiger partial charge in [-0.2, -0.15) is 0 Å². The molecule has 0 bridgehead atoms. The van der Waals surface area contributed by atoms with Crippen LogP contribution >= 0.6 is 0 Å². The van der Waals surface area contributed by atoms with Crippen LogP contribution in [0.4, 0.5) is 0 Å². The van der Waals surface area contributed by atoms with Gasteiger partial charge in [0.05, 0.1) is 24.7 Å². The fraction of sp³-hybridized carbons (Fsp3) is 0.880. The quantitative estimate of drug-likeness (QED) is 0.355. The first-order chi connectivity index (χ1) is 14.0. The van der Waals surface area contributed by atoms with Crippen molar-refractivity contribution in [2.75, 3.05) is 7.11 Å². The van der Waals surface area contributed by atoms with E-state index in [-0.39, 0.29) is 35.1 Å². The van der Waals surface area contributed by atoms with Crippen LogP contribution in [0.5, 0.6) is 0 Å². The van der Waals surface area contributed by atoms with E-state index in [1.165, 1.54) is 31.9 Å². The van der Waals surface area contributed by atoms with Crippen molar-refractivity contribution in [2.24, 2.45) is 29.1 Å². The van der Waals surface area contributed by atoms with E-state index in [2.05, 4.69) is 40.7 Å². The van der Waals surface area contributed by atoms with Crippen molar-refractivity contribution in [2.45, 2.75) is 103 Å². The fourth-order valence-corrected chi connectivity index (χ4v) is 6.92. The van der Waals surface area contributed by atoms with Gasteiger partial charge in [-0.25, -0.2) is 9.78 Å². The van der Waals surface area contributed by atoms with Gasteiger partial charge in [0.1, 0.15) is 11.7 Å². The molecule has 0 unspecified atom stereocenters. The molecule has 0 radical (unpaired) electrons. The monoisotopic (exact) mass is 420 g/mol. The average molecular weight is 421 g/mol. The first kappa shape index (κ1) is 22.3. The van der Waals surface area contributed by atoms with E-state index >= 15 is 0 Å². The van der Waals surface area contributed by atoms with Crippen molar-refractivity contribution in [3.63, 3.8) is 0 Å². The Hall–Kier alpha value is -0.910. The second-order valence-corrected chi connectivity index (χ2v) is 11.2. The summed E-state index contributed by atoms with van der Waals surface area (Å²) in [4.78, 5) is 23.7. The van der Waals surface area contributed by atoms with E-state index < -0.39 is 5.60 Å². The lowest BCUT2D eigenvalue weighted by Gasteiger charge is -2.56. The largest absolute Gasteiger partial charge is 0.469 e. The minimum atomic E-state index is -0.495. The van der Waals surface area contributed by atoms with E-state index in [0.717, 1.165) is 19.3 Å². The van der Waals surface area contributed by atoms with Crippen molar-refractivity contribution in [1.29, 1.82) is 0 Å². The van der Waals surface area contributed by atoms with Crippen molar-refractivity contribution < 1.29 is 24.0 Å². The number of esters is 1. The topological polar surface area (TPSA) is 54.0 Å². The summed E-state index contributed by atoms with van der Waals surface area (Å²) in [7, 11) is 1.42. The highest BCUT2D eigenvalue weighted by Crippen LogP contribution is 2.65. The van der Waals surface area contributed by atoms with Crippen LogP contribution in [0, 0.1) is 29.1 Å². The number of methoxy groups -OCH3 is 1. The van der Waals surface area contributed by atoms with E-state index in [1.807, 2.05) is 6.92 Å². The van der Waals surface area contributed by atoms with Crippen molar-refractivity contribution in [3.05, 3.63) is 11.6 Å².